The number of sulfonamides is 1. The van der Waals surface area contributed by atoms with E-state index in [-0.39, 0.29) is 35.6 Å². The molecule has 0 fully saturated rings. The smallest absolute Gasteiger partial charge is 0.246 e. The maximum atomic E-state index is 13.4. The van der Waals surface area contributed by atoms with Crippen LogP contribution in [0.2, 0.25) is 0 Å². The summed E-state index contributed by atoms with van der Waals surface area (Å²) in [5, 5.41) is 10.1. The lowest BCUT2D eigenvalue weighted by Gasteiger charge is -2.35. The number of benzene rings is 1. The van der Waals surface area contributed by atoms with Crippen LogP contribution in [0, 0.1) is 23.2 Å². The number of hydrogen-bond acceptors (Lipinski definition) is 8. The van der Waals surface area contributed by atoms with Gasteiger partial charge in [-0.1, -0.05) is 13.3 Å². The van der Waals surface area contributed by atoms with Crippen LogP contribution in [0.25, 0.3) is 0 Å². The van der Waals surface area contributed by atoms with Gasteiger partial charge in [0.2, 0.25) is 10.0 Å². The van der Waals surface area contributed by atoms with Gasteiger partial charge < -0.3 is 14.2 Å². The number of carbonyl (C=O) groups is 1. The summed E-state index contributed by atoms with van der Waals surface area (Å²) in [7, 11) is 0.538. The Morgan fingerprint density at radius 2 is 1.89 bits per heavy atom. The molecule has 0 bridgehead atoms. The topological polar surface area (TPSA) is 118 Å². The first-order chi connectivity index (χ1) is 18.1. The molecular formula is C27H36BrN3O6S. The van der Waals surface area contributed by atoms with Crippen LogP contribution in [0.1, 0.15) is 51.0 Å². The molecule has 208 valence electrons. The molecule has 9 nitrogen and oxygen atoms in total. The molecule has 1 aromatic carbocycles. The van der Waals surface area contributed by atoms with Crippen molar-refractivity contribution in [3.63, 3.8) is 0 Å². The molecule has 3 unspecified atom stereocenters. The van der Waals surface area contributed by atoms with Crippen LogP contribution in [-0.4, -0.2) is 71.9 Å². The summed E-state index contributed by atoms with van der Waals surface area (Å²) >= 11 is 3.51. The van der Waals surface area contributed by atoms with Gasteiger partial charge in [0.15, 0.2) is 11.5 Å². The van der Waals surface area contributed by atoms with E-state index < -0.39 is 21.9 Å². The van der Waals surface area contributed by atoms with Crippen molar-refractivity contribution in [3.05, 3.63) is 33.4 Å². The quantitative estimate of drug-likeness (QED) is 0.321. The molecule has 0 amide bonds. The van der Waals surface area contributed by atoms with Crippen molar-refractivity contribution < 1.29 is 27.4 Å². The van der Waals surface area contributed by atoms with E-state index in [1.54, 1.807) is 20.1 Å². The number of rotatable bonds is 12. The predicted octanol–water partition coefficient (Wildman–Crippen LogP) is 4.47. The number of nitriles is 1. The van der Waals surface area contributed by atoms with Gasteiger partial charge in [0, 0.05) is 50.5 Å². The first kappa shape index (κ1) is 30.4. The number of ether oxygens (including phenoxy) is 3. The molecule has 1 aromatic rings. The Kier molecular flexibility index (Phi) is 10.7. The number of hydrogen-bond donors (Lipinski definition) is 0. The zero-order chi connectivity index (χ0) is 28.0. The Labute approximate surface area is 234 Å². The second-order valence-corrected chi connectivity index (χ2v) is 12.7. The summed E-state index contributed by atoms with van der Waals surface area (Å²) in [6, 6.07) is 5.60. The molecule has 0 N–H and O–H groups in total. The molecule has 0 saturated carbocycles. The van der Waals surface area contributed by atoms with Gasteiger partial charge in [-0.25, -0.2) is 12.7 Å². The number of ketones is 1. The van der Waals surface area contributed by atoms with Crippen LogP contribution in [0.15, 0.2) is 37.8 Å². The van der Waals surface area contributed by atoms with Gasteiger partial charge in [0.25, 0.3) is 0 Å². The van der Waals surface area contributed by atoms with E-state index in [1.165, 1.54) is 20.2 Å². The van der Waals surface area contributed by atoms with E-state index >= 15 is 0 Å². The van der Waals surface area contributed by atoms with Crippen LogP contribution in [0.4, 0.5) is 0 Å². The maximum absolute atomic E-state index is 13.4. The number of Topliss-reactive ketones (excluding diaryl/α,β-unsaturated/α-hetero) is 1. The molecule has 1 aliphatic carbocycles. The van der Waals surface area contributed by atoms with E-state index in [1.807, 2.05) is 0 Å². The Hall–Kier alpha value is -2.10. The molecular weight excluding hydrogens is 574 g/mol. The van der Waals surface area contributed by atoms with Gasteiger partial charge in [-0.2, -0.15) is 5.26 Å². The second-order valence-electron chi connectivity index (χ2n) is 9.76. The molecule has 1 heterocycles. The van der Waals surface area contributed by atoms with Crippen LogP contribution in [0.5, 0.6) is 5.75 Å². The standard InChI is InChI=1S/C27H36BrN3O6S/c1-6-7-18-12-22-26(23(32)13-18)25(20(16-29)17(2)30-22)19-14-21(28)27(37-11-10-36-9-8-35-5)24(15-19)38(33,34)31(3)4/h14-15,18,20,25H,6-13H2,1-5H3. The number of halogens is 1. The predicted molar refractivity (Wildman–Crippen MR) is 148 cm³/mol. The summed E-state index contributed by atoms with van der Waals surface area (Å²) in [5.74, 6) is -0.961. The van der Waals surface area contributed by atoms with Gasteiger partial charge in [0.05, 0.1) is 36.3 Å². The zero-order valence-corrected chi connectivity index (χ0v) is 25.0. The zero-order valence-electron chi connectivity index (χ0n) is 22.6. The minimum atomic E-state index is -3.94. The van der Waals surface area contributed by atoms with E-state index in [4.69, 9.17) is 19.2 Å². The number of allylic oxidation sites excluding steroid dienone is 2. The Morgan fingerprint density at radius 3 is 2.53 bits per heavy atom. The van der Waals surface area contributed by atoms with Crippen molar-refractivity contribution in [2.75, 3.05) is 47.6 Å². The highest BCUT2D eigenvalue weighted by Gasteiger charge is 2.42. The summed E-state index contributed by atoms with van der Waals surface area (Å²) in [4.78, 5) is 18.1. The molecule has 38 heavy (non-hydrogen) atoms. The number of methoxy groups -OCH3 is 1. The lowest BCUT2D eigenvalue weighted by atomic mass is 9.70. The second kappa shape index (κ2) is 13.3. The monoisotopic (exact) mass is 609 g/mol. The molecule has 0 saturated heterocycles. The third-order valence-electron chi connectivity index (χ3n) is 6.86. The van der Waals surface area contributed by atoms with Crippen molar-refractivity contribution in [3.8, 4) is 11.8 Å². The van der Waals surface area contributed by atoms with Gasteiger partial charge >= 0.3 is 0 Å². The summed E-state index contributed by atoms with van der Waals surface area (Å²) in [6.45, 7) is 5.10. The Bertz CT molecular complexity index is 1250. The fourth-order valence-electron chi connectivity index (χ4n) is 5.02. The SMILES string of the molecule is CCCC1CC(=O)C2=C(C1)N=C(C)C(C#N)C2c1cc(Br)c(OCCOCCOC)c(S(=O)(=O)N(C)C)c1. The van der Waals surface area contributed by atoms with Crippen molar-refractivity contribution in [1.82, 2.24) is 4.31 Å². The Morgan fingerprint density at radius 1 is 1.18 bits per heavy atom. The number of nitrogens with zero attached hydrogens (tertiary/aromatic N) is 3. The van der Waals surface area contributed by atoms with Crippen molar-refractivity contribution in [1.29, 1.82) is 5.26 Å². The molecule has 0 spiro atoms. The third-order valence-corrected chi connectivity index (χ3v) is 9.27. The Balaban J connectivity index is 2.09. The number of aliphatic imine (C=N–C) groups is 1. The minimum Gasteiger partial charge on any atom is -0.489 e. The highest BCUT2D eigenvalue weighted by atomic mass is 79.9. The van der Waals surface area contributed by atoms with Gasteiger partial charge in [-0.15, -0.1) is 0 Å². The average molecular weight is 611 g/mol. The van der Waals surface area contributed by atoms with Crippen molar-refractivity contribution in [2.24, 2.45) is 16.8 Å². The lowest BCUT2D eigenvalue weighted by Crippen LogP contribution is -2.33. The van der Waals surface area contributed by atoms with Crippen LogP contribution in [-0.2, 0) is 24.3 Å². The van der Waals surface area contributed by atoms with Crippen molar-refractivity contribution >= 4 is 37.4 Å². The molecule has 0 radical (unpaired) electrons. The third kappa shape index (κ3) is 6.54. The summed E-state index contributed by atoms with van der Waals surface area (Å²) in [5.41, 5.74) is 2.42. The highest BCUT2D eigenvalue weighted by Crippen LogP contribution is 2.47. The van der Waals surface area contributed by atoms with Crippen molar-refractivity contribution in [2.45, 2.75) is 50.3 Å². The molecule has 1 aliphatic heterocycles. The van der Waals surface area contributed by atoms with Crippen LogP contribution >= 0.6 is 15.9 Å². The van der Waals surface area contributed by atoms with E-state index in [9.17, 15) is 18.5 Å². The summed E-state index contributed by atoms with van der Waals surface area (Å²) < 4.78 is 44.6. The summed E-state index contributed by atoms with van der Waals surface area (Å²) in [6.07, 6.45) is 2.99. The van der Waals surface area contributed by atoms with Gasteiger partial charge in [-0.05, 0) is 59.3 Å². The largest absolute Gasteiger partial charge is 0.489 e. The number of carbonyl (C=O) groups excluding carboxylic acids is 1. The average Bonchev–Trinajstić information content (AvgIpc) is 2.85. The van der Waals surface area contributed by atoms with Crippen LogP contribution < -0.4 is 4.74 Å². The molecule has 0 aromatic heterocycles. The van der Waals surface area contributed by atoms with Gasteiger partial charge in [0.1, 0.15) is 11.5 Å². The molecule has 3 rings (SSSR count). The fraction of sp³-hybridized carbons (Fsp3) is 0.593. The normalized spacial score (nSPS) is 21.8. The van der Waals surface area contributed by atoms with Crippen LogP contribution in [0.3, 0.4) is 0 Å². The maximum Gasteiger partial charge on any atom is 0.246 e. The lowest BCUT2D eigenvalue weighted by molar-refractivity contribution is -0.117. The highest BCUT2D eigenvalue weighted by molar-refractivity contribution is 9.10. The molecule has 11 heteroatoms. The molecule has 3 atom stereocenters. The first-order valence-electron chi connectivity index (χ1n) is 12.7. The minimum absolute atomic E-state index is 0.0205. The van der Waals surface area contributed by atoms with E-state index in [2.05, 4.69) is 28.9 Å². The first-order valence-corrected chi connectivity index (χ1v) is 15.0. The van der Waals surface area contributed by atoms with Gasteiger partial charge in [-0.3, -0.25) is 9.79 Å². The molecule has 2 aliphatic rings. The van der Waals surface area contributed by atoms with E-state index in [0.29, 0.717) is 47.4 Å². The van der Waals surface area contributed by atoms with E-state index in [0.717, 1.165) is 22.8 Å². The fourth-order valence-corrected chi connectivity index (χ4v) is 6.83.